The highest BCUT2D eigenvalue weighted by molar-refractivity contribution is 6.08. The first kappa shape index (κ1) is 15.7. The number of para-hydroxylation sites is 1. The quantitative estimate of drug-likeness (QED) is 0.593. The van der Waals surface area contributed by atoms with E-state index in [-0.39, 0.29) is 11.5 Å². The number of carbonyl (C=O) groups is 1. The van der Waals surface area contributed by atoms with E-state index in [9.17, 15) is 13.6 Å². The van der Waals surface area contributed by atoms with Crippen molar-refractivity contribution >= 4 is 11.9 Å². The Bertz CT molecular complexity index is 664. The van der Waals surface area contributed by atoms with Crippen molar-refractivity contribution in [2.24, 2.45) is 0 Å². The van der Waals surface area contributed by atoms with Crippen LogP contribution in [0.25, 0.3) is 6.08 Å². The fourth-order valence-corrected chi connectivity index (χ4v) is 1.87. The Labute approximate surface area is 126 Å². The molecule has 0 aliphatic carbocycles. The molecule has 0 unspecified atom stereocenters. The predicted molar refractivity (Wildman–Crippen MR) is 79.4 cm³/mol. The van der Waals surface area contributed by atoms with Crippen LogP contribution in [-0.4, -0.2) is 19.5 Å². The summed E-state index contributed by atoms with van der Waals surface area (Å²) in [6.45, 7) is -2.85. The molecule has 0 aromatic heterocycles. The molecule has 0 fully saturated rings. The third-order valence-electron chi connectivity index (χ3n) is 2.90. The van der Waals surface area contributed by atoms with E-state index in [0.717, 1.165) is 0 Å². The minimum atomic E-state index is -2.85. The van der Waals surface area contributed by atoms with Gasteiger partial charge in [0.1, 0.15) is 11.5 Å². The molecule has 0 aliphatic rings. The standard InChI is InChI=1S/C17H14F2O3/c1-21-16-5-3-2-4-14(16)15(20)11-8-12-6-9-13(10-7-12)22-17(18)19/h2-11,17H,1H3/b11-8+. The number of rotatable bonds is 6. The van der Waals surface area contributed by atoms with Gasteiger partial charge >= 0.3 is 6.61 Å². The normalized spacial score (nSPS) is 10.9. The van der Waals surface area contributed by atoms with Gasteiger partial charge in [-0.25, -0.2) is 0 Å². The summed E-state index contributed by atoms with van der Waals surface area (Å²) in [6, 6.07) is 12.9. The smallest absolute Gasteiger partial charge is 0.387 e. The van der Waals surface area contributed by atoms with Gasteiger partial charge in [0.05, 0.1) is 12.7 Å². The fourth-order valence-electron chi connectivity index (χ4n) is 1.87. The lowest BCUT2D eigenvalue weighted by molar-refractivity contribution is -0.0498. The highest BCUT2D eigenvalue weighted by atomic mass is 19.3. The van der Waals surface area contributed by atoms with Crippen LogP contribution in [0.1, 0.15) is 15.9 Å². The topological polar surface area (TPSA) is 35.5 Å². The molecule has 114 valence electrons. The average molecular weight is 304 g/mol. The molecule has 0 amide bonds. The minimum absolute atomic E-state index is 0.0724. The van der Waals surface area contributed by atoms with Crippen molar-refractivity contribution in [3.8, 4) is 11.5 Å². The zero-order valence-electron chi connectivity index (χ0n) is 11.8. The number of allylic oxidation sites excluding steroid dienone is 1. The first-order valence-corrected chi connectivity index (χ1v) is 6.50. The molecule has 22 heavy (non-hydrogen) atoms. The van der Waals surface area contributed by atoms with E-state index in [4.69, 9.17) is 4.74 Å². The van der Waals surface area contributed by atoms with Crippen LogP contribution in [0, 0.1) is 0 Å². The Morgan fingerprint density at radius 2 is 1.77 bits per heavy atom. The maximum atomic E-state index is 12.1. The van der Waals surface area contributed by atoms with E-state index in [1.54, 1.807) is 42.5 Å². The van der Waals surface area contributed by atoms with Crippen LogP contribution < -0.4 is 9.47 Å². The molecular weight excluding hydrogens is 290 g/mol. The van der Waals surface area contributed by atoms with Gasteiger partial charge in [0.25, 0.3) is 0 Å². The van der Waals surface area contributed by atoms with Crippen molar-refractivity contribution in [1.29, 1.82) is 0 Å². The first-order chi connectivity index (χ1) is 10.6. The minimum Gasteiger partial charge on any atom is -0.496 e. The van der Waals surface area contributed by atoms with E-state index in [2.05, 4.69) is 4.74 Å². The second-order valence-electron chi connectivity index (χ2n) is 4.35. The van der Waals surface area contributed by atoms with E-state index in [0.29, 0.717) is 16.9 Å². The molecule has 0 radical (unpaired) electrons. The number of benzene rings is 2. The molecule has 0 saturated heterocycles. The van der Waals surface area contributed by atoms with Crippen LogP contribution in [0.3, 0.4) is 0 Å². The molecule has 0 atom stereocenters. The largest absolute Gasteiger partial charge is 0.496 e. The Morgan fingerprint density at radius 3 is 2.41 bits per heavy atom. The number of hydrogen-bond donors (Lipinski definition) is 0. The van der Waals surface area contributed by atoms with E-state index in [1.807, 2.05) is 0 Å². The lowest BCUT2D eigenvalue weighted by atomic mass is 10.1. The maximum Gasteiger partial charge on any atom is 0.387 e. The summed E-state index contributed by atoms with van der Waals surface area (Å²) >= 11 is 0. The number of hydrogen-bond acceptors (Lipinski definition) is 3. The fraction of sp³-hybridized carbons (Fsp3) is 0.118. The van der Waals surface area contributed by atoms with Gasteiger partial charge in [-0.1, -0.05) is 30.3 Å². The Kier molecular flexibility index (Phi) is 5.25. The number of ketones is 1. The van der Waals surface area contributed by atoms with Crippen molar-refractivity contribution in [1.82, 2.24) is 0 Å². The molecule has 2 rings (SSSR count). The molecular formula is C17H14F2O3. The second kappa shape index (κ2) is 7.36. The van der Waals surface area contributed by atoms with Crippen molar-refractivity contribution in [2.75, 3.05) is 7.11 Å². The van der Waals surface area contributed by atoms with Gasteiger partial charge in [-0.2, -0.15) is 8.78 Å². The molecule has 0 spiro atoms. The van der Waals surface area contributed by atoms with Gasteiger partial charge in [0.2, 0.25) is 0 Å². The number of methoxy groups -OCH3 is 1. The van der Waals surface area contributed by atoms with Crippen molar-refractivity contribution < 1.29 is 23.0 Å². The molecule has 5 heteroatoms. The zero-order chi connectivity index (χ0) is 15.9. The third kappa shape index (κ3) is 4.15. The summed E-state index contributed by atoms with van der Waals surface area (Å²) in [4.78, 5) is 12.1. The second-order valence-corrected chi connectivity index (χ2v) is 4.35. The number of ether oxygens (including phenoxy) is 2. The molecule has 0 N–H and O–H groups in total. The third-order valence-corrected chi connectivity index (χ3v) is 2.90. The molecule has 3 nitrogen and oxygen atoms in total. The molecule has 0 aliphatic heterocycles. The Morgan fingerprint density at radius 1 is 1.09 bits per heavy atom. The summed E-state index contributed by atoms with van der Waals surface area (Å²) in [7, 11) is 1.50. The Hall–Kier alpha value is -2.69. The van der Waals surface area contributed by atoms with E-state index >= 15 is 0 Å². The molecule has 0 bridgehead atoms. The van der Waals surface area contributed by atoms with Gasteiger partial charge in [-0.15, -0.1) is 0 Å². The summed E-state index contributed by atoms with van der Waals surface area (Å²) in [6.07, 6.45) is 3.00. The van der Waals surface area contributed by atoms with Gasteiger partial charge in [0, 0.05) is 0 Å². The van der Waals surface area contributed by atoms with Crippen molar-refractivity contribution in [2.45, 2.75) is 6.61 Å². The summed E-state index contributed by atoms with van der Waals surface area (Å²) in [5.41, 5.74) is 1.16. The predicted octanol–water partition coefficient (Wildman–Crippen LogP) is 4.19. The monoisotopic (exact) mass is 304 g/mol. The number of alkyl halides is 2. The number of halogens is 2. The van der Waals surface area contributed by atoms with E-state index < -0.39 is 6.61 Å². The summed E-state index contributed by atoms with van der Waals surface area (Å²) < 4.78 is 33.5. The van der Waals surface area contributed by atoms with Crippen LogP contribution in [0.4, 0.5) is 8.78 Å². The molecule has 2 aromatic rings. The average Bonchev–Trinajstić information content (AvgIpc) is 2.53. The number of carbonyl (C=O) groups excluding carboxylic acids is 1. The lowest BCUT2D eigenvalue weighted by Gasteiger charge is -2.05. The maximum absolute atomic E-state index is 12.1. The summed E-state index contributed by atoms with van der Waals surface area (Å²) in [5.74, 6) is 0.367. The molecule has 2 aromatic carbocycles. The molecule has 0 heterocycles. The van der Waals surface area contributed by atoms with Crippen molar-refractivity contribution in [3.63, 3.8) is 0 Å². The zero-order valence-corrected chi connectivity index (χ0v) is 11.8. The van der Waals surface area contributed by atoms with Crippen LogP contribution in [-0.2, 0) is 0 Å². The summed E-state index contributed by atoms with van der Waals surface area (Å²) in [5, 5.41) is 0. The lowest BCUT2D eigenvalue weighted by Crippen LogP contribution is -2.01. The SMILES string of the molecule is COc1ccccc1C(=O)/C=C/c1ccc(OC(F)F)cc1. The van der Waals surface area contributed by atoms with Crippen molar-refractivity contribution in [3.05, 3.63) is 65.7 Å². The van der Waals surface area contributed by atoms with Crippen LogP contribution in [0.5, 0.6) is 11.5 Å². The highest BCUT2D eigenvalue weighted by Crippen LogP contribution is 2.19. The highest BCUT2D eigenvalue weighted by Gasteiger charge is 2.08. The van der Waals surface area contributed by atoms with E-state index in [1.165, 1.54) is 25.3 Å². The van der Waals surface area contributed by atoms with Crippen LogP contribution in [0.2, 0.25) is 0 Å². The Balaban J connectivity index is 2.09. The van der Waals surface area contributed by atoms with Gasteiger partial charge in [-0.05, 0) is 35.9 Å². The van der Waals surface area contributed by atoms with Gasteiger partial charge < -0.3 is 9.47 Å². The molecule has 0 saturated carbocycles. The van der Waals surface area contributed by atoms with Gasteiger partial charge in [-0.3, -0.25) is 4.79 Å². The van der Waals surface area contributed by atoms with Crippen LogP contribution >= 0.6 is 0 Å². The van der Waals surface area contributed by atoms with Crippen LogP contribution in [0.15, 0.2) is 54.6 Å². The van der Waals surface area contributed by atoms with Gasteiger partial charge in [0.15, 0.2) is 5.78 Å². The first-order valence-electron chi connectivity index (χ1n) is 6.50.